The van der Waals surface area contributed by atoms with Crippen LogP contribution in [0.1, 0.15) is 50.6 Å². The SMILES string of the molecule is CCc1nc(NS(C)(=O)=O)ccc1OCC(=O)N1CCc2nc3sc(C)nn3c2C1c1sc(C)nc1C. The Labute approximate surface area is 222 Å². The number of rotatable bonds is 7. The van der Waals surface area contributed by atoms with E-state index in [4.69, 9.17) is 9.72 Å². The second-order valence-corrected chi connectivity index (χ2v) is 13.0. The second-order valence-electron chi connectivity index (χ2n) is 8.84. The third-order valence-electron chi connectivity index (χ3n) is 5.99. The monoisotopic (exact) mass is 561 g/mol. The second kappa shape index (κ2) is 9.65. The number of hydrogen-bond donors (Lipinski definition) is 1. The predicted molar refractivity (Wildman–Crippen MR) is 142 cm³/mol. The van der Waals surface area contributed by atoms with Gasteiger partial charge in [0.25, 0.3) is 5.91 Å². The minimum Gasteiger partial charge on any atom is -0.482 e. The number of nitrogens with zero attached hydrogens (tertiary/aromatic N) is 6. The average Bonchev–Trinajstić information content (AvgIpc) is 3.46. The van der Waals surface area contributed by atoms with Crippen LogP contribution in [0, 0.1) is 20.8 Å². The molecule has 0 aliphatic carbocycles. The van der Waals surface area contributed by atoms with E-state index in [1.54, 1.807) is 17.4 Å². The Balaban J connectivity index is 1.45. The number of sulfonamides is 1. The van der Waals surface area contributed by atoms with Crippen molar-refractivity contribution in [3.63, 3.8) is 0 Å². The summed E-state index contributed by atoms with van der Waals surface area (Å²) >= 11 is 3.10. The summed E-state index contributed by atoms with van der Waals surface area (Å²) in [6.45, 7) is 8.06. The van der Waals surface area contributed by atoms with E-state index in [1.807, 2.05) is 37.1 Å². The first-order chi connectivity index (χ1) is 17.5. The van der Waals surface area contributed by atoms with Crippen molar-refractivity contribution in [1.29, 1.82) is 0 Å². The van der Waals surface area contributed by atoms with Crippen LogP contribution < -0.4 is 9.46 Å². The first-order valence-corrected chi connectivity index (χ1v) is 15.2. The number of anilines is 1. The van der Waals surface area contributed by atoms with Gasteiger partial charge in [0.2, 0.25) is 15.0 Å². The molecule has 1 aliphatic heterocycles. The molecule has 14 heteroatoms. The number of carbonyl (C=O) groups excluding carboxylic acids is 1. The Morgan fingerprint density at radius 2 is 1.95 bits per heavy atom. The molecular weight excluding hydrogens is 534 g/mol. The number of aromatic nitrogens is 5. The normalized spacial score (nSPS) is 15.7. The zero-order valence-corrected chi connectivity index (χ0v) is 23.6. The summed E-state index contributed by atoms with van der Waals surface area (Å²) in [7, 11) is -3.45. The van der Waals surface area contributed by atoms with Crippen LogP contribution in [0.2, 0.25) is 0 Å². The van der Waals surface area contributed by atoms with Gasteiger partial charge in [-0.3, -0.25) is 9.52 Å². The number of carbonyl (C=O) groups is 1. The van der Waals surface area contributed by atoms with Crippen molar-refractivity contribution in [1.82, 2.24) is 29.5 Å². The van der Waals surface area contributed by atoms with Gasteiger partial charge in [-0.2, -0.15) is 5.10 Å². The molecule has 37 heavy (non-hydrogen) atoms. The molecule has 0 fully saturated rings. The van der Waals surface area contributed by atoms with Crippen molar-refractivity contribution < 1.29 is 17.9 Å². The average molecular weight is 562 g/mol. The number of ether oxygens (including phenoxy) is 1. The summed E-state index contributed by atoms with van der Waals surface area (Å²) in [4.78, 5) is 31.0. The van der Waals surface area contributed by atoms with E-state index < -0.39 is 10.0 Å². The molecule has 0 spiro atoms. The van der Waals surface area contributed by atoms with Gasteiger partial charge in [-0.25, -0.2) is 27.9 Å². The van der Waals surface area contributed by atoms with E-state index in [2.05, 4.69) is 19.8 Å². The number of thiazole rings is 1. The van der Waals surface area contributed by atoms with Gasteiger partial charge in [0.1, 0.15) is 22.6 Å². The van der Waals surface area contributed by atoms with Crippen LogP contribution in [0.3, 0.4) is 0 Å². The Bertz CT molecular complexity index is 1610. The zero-order chi connectivity index (χ0) is 26.5. The quantitative estimate of drug-likeness (QED) is 0.364. The first kappa shape index (κ1) is 25.5. The molecule has 1 aliphatic rings. The molecule has 4 aromatic heterocycles. The van der Waals surface area contributed by atoms with Crippen LogP contribution in [-0.2, 0) is 27.7 Å². The predicted octanol–water partition coefficient (Wildman–Crippen LogP) is 3.05. The molecule has 1 amide bonds. The number of imidazole rings is 1. The molecule has 11 nitrogen and oxygen atoms in total. The van der Waals surface area contributed by atoms with Crippen molar-refractivity contribution in [2.75, 3.05) is 24.1 Å². The Morgan fingerprint density at radius 1 is 1.16 bits per heavy atom. The van der Waals surface area contributed by atoms with Gasteiger partial charge < -0.3 is 9.64 Å². The largest absolute Gasteiger partial charge is 0.482 e. The van der Waals surface area contributed by atoms with Gasteiger partial charge in [-0.05, 0) is 39.3 Å². The summed E-state index contributed by atoms with van der Waals surface area (Å²) in [5.41, 5.74) is 3.29. The molecule has 4 aromatic rings. The number of pyridine rings is 1. The highest BCUT2D eigenvalue weighted by Crippen LogP contribution is 2.40. The van der Waals surface area contributed by atoms with E-state index in [9.17, 15) is 13.2 Å². The van der Waals surface area contributed by atoms with Crippen molar-refractivity contribution in [3.05, 3.63) is 49.8 Å². The molecular formula is C23H27N7O4S3. The highest BCUT2D eigenvalue weighted by molar-refractivity contribution is 7.92. The molecule has 1 unspecified atom stereocenters. The van der Waals surface area contributed by atoms with E-state index in [1.165, 1.54) is 17.4 Å². The lowest BCUT2D eigenvalue weighted by Gasteiger charge is -2.35. The smallest absolute Gasteiger partial charge is 0.261 e. The van der Waals surface area contributed by atoms with E-state index in [-0.39, 0.29) is 24.4 Å². The first-order valence-electron chi connectivity index (χ1n) is 11.7. The summed E-state index contributed by atoms with van der Waals surface area (Å²) < 4.78 is 33.3. The molecule has 196 valence electrons. The number of fused-ring (bicyclic) bond motifs is 3. The maximum atomic E-state index is 13.6. The summed E-state index contributed by atoms with van der Waals surface area (Å²) in [5.74, 6) is 0.472. The highest BCUT2D eigenvalue weighted by atomic mass is 32.2. The molecule has 5 heterocycles. The fraction of sp³-hybridized carbons (Fsp3) is 0.435. The fourth-order valence-corrected chi connectivity index (χ4v) is 6.85. The zero-order valence-electron chi connectivity index (χ0n) is 21.1. The standard InChI is InChI=1S/C23H27N7O4S3/c1-6-15-17(7-8-18(25-15)28-37(5,32)33)34-11-19(31)29-10-9-16-20(30-23(26-16)36-14(4)27-30)21(29)22-12(2)24-13(3)35-22/h7-8,21H,6,9-11H2,1-5H3,(H,25,28). The topological polar surface area (TPSA) is 132 Å². The lowest BCUT2D eigenvalue weighted by molar-refractivity contribution is -0.135. The number of nitrogens with one attached hydrogen (secondary N) is 1. The van der Waals surface area contributed by atoms with Crippen LogP contribution >= 0.6 is 22.7 Å². The Morgan fingerprint density at radius 3 is 2.62 bits per heavy atom. The van der Waals surface area contributed by atoms with Gasteiger partial charge in [0.05, 0.1) is 38.9 Å². The number of aryl methyl sites for hydroxylation is 4. The van der Waals surface area contributed by atoms with E-state index in [0.29, 0.717) is 30.8 Å². The van der Waals surface area contributed by atoms with E-state index >= 15 is 0 Å². The molecule has 0 radical (unpaired) electrons. The van der Waals surface area contributed by atoms with Gasteiger partial charge in [0, 0.05) is 13.0 Å². The minimum absolute atomic E-state index is 0.177. The van der Waals surface area contributed by atoms with Crippen molar-refractivity contribution in [3.8, 4) is 5.75 Å². The summed E-state index contributed by atoms with van der Waals surface area (Å²) in [5, 5.41) is 6.51. The third kappa shape index (κ3) is 5.05. The lowest BCUT2D eigenvalue weighted by Crippen LogP contribution is -2.43. The van der Waals surface area contributed by atoms with Gasteiger partial charge in [0.15, 0.2) is 6.61 Å². The third-order valence-corrected chi connectivity index (χ3v) is 8.52. The van der Waals surface area contributed by atoms with E-state index in [0.717, 1.165) is 43.2 Å². The molecule has 0 aromatic carbocycles. The maximum absolute atomic E-state index is 13.6. The maximum Gasteiger partial charge on any atom is 0.261 e. The van der Waals surface area contributed by atoms with Crippen LogP contribution in [0.15, 0.2) is 12.1 Å². The summed E-state index contributed by atoms with van der Waals surface area (Å²) in [6.07, 6.45) is 2.20. The van der Waals surface area contributed by atoms with Gasteiger partial charge >= 0.3 is 0 Å². The van der Waals surface area contributed by atoms with Gasteiger partial charge in [-0.1, -0.05) is 18.3 Å². The molecule has 1 N–H and O–H groups in total. The lowest BCUT2D eigenvalue weighted by atomic mass is 10.00. The summed E-state index contributed by atoms with van der Waals surface area (Å²) in [6, 6.07) is 2.79. The molecule has 0 saturated carbocycles. The van der Waals surface area contributed by atoms with Gasteiger partial charge in [-0.15, -0.1) is 11.3 Å². The number of amides is 1. The molecule has 1 atom stereocenters. The molecule has 0 saturated heterocycles. The Kier molecular flexibility index (Phi) is 6.66. The molecule has 0 bridgehead atoms. The van der Waals surface area contributed by atoms with Crippen molar-refractivity contribution in [2.45, 2.75) is 46.6 Å². The molecule has 5 rings (SSSR count). The van der Waals surface area contributed by atoms with Crippen LogP contribution in [-0.4, -0.2) is 63.2 Å². The van der Waals surface area contributed by atoms with Crippen molar-refractivity contribution >= 4 is 49.4 Å². The van der Waals surface area contributed by atoms with Crippen LogP contribution in [0.4, 0.5) is 5.82 Å². The Hall–Kier alpha value is -3.10. The van der Waals surface area contributed by atoms with Crippen LogP contribution in [0.25, 0.3) is 4.96 Å². The van der Waals surface area contributed by atoms with Crippen molar-refractivity contribution in [2.24, 2.45) is 0 Å². The fourth-order valence-electron chi connectivity index (χ4n) is 4.54. The number of hydrogen-bond acceptors (Lipinski definition) is 10. The highest BCUT2D eigenvalue weighted by Gasteiger charge is 2.38. The van der Waals surface area contributed by atoms with Crippen LogP contribution in [0.5, 0.6) is 5.75 Å². The minimum atomic E-state index is -3.45.